The molecule has 5 nitrogen and oxygen atoms in total. The molecule has 2 aromatic rings. The Balaban J connectivity index is 1.78. The largest absolute Gasteiger partial charge is 0.497 e. The Morgan fingerprint density at radius 2 is 1.71 bits per heavy atom. The summed E-state index contributed by atoms with van der Waals surface area (Å²) in [6.45, 7) is 2.04. The molecule has 0 unspecified atom stereocenters. The number of halogens is 2. The summed E-state index contributed by atoms with van der Waals surface area (Å²) in [5, 5.41) is 3.98. The average molecular weight is 463 g/mol. The number of amides is 2. The van der Waals surface area contributed by atoms with Gasteiger partial charge in [-0.05, 0) is 55.2 Å². The molecule has 0 spiro atoms. The molecule has 1 atom stereocenters. The summed E-state index contributed by atoms with van der Waals surface area (Å²) in [6.07, 6.45) is 4.42. The number of rotatable bonds is 8. The maximum atomic E-state index is 13.3. The first-order valence-electron chi connectivity index (χ1n) is 10.5. The van der Waals surface area contributed by atoms with Crippen molar-refractivity contribution in [3.05, 3.63) is 63.6 Å². The summed E-state index contributed by atoms with van der Waals surface area (Å²) in [4.78, 5) is 27.8. The minimum absolute atomic E-state index is 0.130. The quantitative estimate of drug-likeness (QED) is 0.598. The number of hydrogen-bond acceptors (Lipinski definition) is 3. The van der Waals surface area contributed by atoms with Gasteiger partial charge in [0.15, 0.2) is 0 Å². The van der Waals surface area contributed by atoms with E-state index in [1.54, 1.807) is 31.1 Å². The first-order chi connectivity index (χ1) is 14.9. The van der Waals surface area contributed by atoms with Crippen molar-refractivity contribution in [2.24, 2.45) is 0 Å². The van der Waals surface area contributed by atoms with Crippen LogP contribution in [-0.2, 0) is 22.6 Å². The van der Waals surface area contributed by atoms with Gasteiger partial charge in [-0.15, -0.1) is 0 Å². The third-order valence-electron chi connectivity index (χ3n) is 5.72. The number of methoxy groups -OCH3 is 1. The van der Waals surface area contributed by atoms with Crippen LogP contribution in [0, 0.1) is 0 Å². The molecule has 3 rings (SSSR count). The van der Waals surface area contributed by atoms with Gasteiger partial charge in [0, 0.05) is 12.6 Å². The van der Waals surface area contributed by atoms with E-state index in [2.05, 4.69) is 5.32 Å². The molecule has 1 aliphatic rings. The minimum atomic E-state index is -0.610. The SMILES string of the molecule is COc1ccc(CC(=O)N(Cc2ccc(Cl)c(Cl)c2)[C@@H](C)C(=O)NC2CCCC2)cc1. The van der Waals surface area contributed by atoms with Crippen LogP contribution in [0.15, 0.2) is 42.5 Å². The van der Waals surface area contributed by atoms with E-state index in [0.717, 1.165) is 42.6 Å². The third-order valence-corrected chi connectivity index (χ3v) is 6.46. The van der Waals surface area contributed by atoms with Crippen molar-refractivity contribution in [2.45, 2.75) is 57.7 Å². The monoisotopic (exact) mass is 462 g/mol. The van der Waals surface area contributed by atoms with Crippen LogP contribution in [0.3, 0.4) is 0 Å². The molecule has 0 radical (unpaired) electrons. The Labute approximate surface area is 193 Å². The van der Waals surface area contributed by atoms with Gasteiger partial charge in [0.25, 0.3) is 0 Å². The summed E-state index contributed by atoms with van der Waals surface area (Å²) in [5.41, 5.74) is 1.67. The van der Waals surface area contributed by atoms with Gasteiger partial charge in [0.2, 0.25) is 11.8 Å². The number of carbonyl (C=O) groups is 2. The lowest BCUT2D eigenvalue weighted by molar-refractivity contribution is -0.140. The van der Waals surface area contributed by atoms with Crippen molar-refractivity contribution in [3.8, 4) is 5.75 Å². The van der Waals surface area contributed by atoms with Gasteiger partial charge < -0.3 is 15.0 Å². The number of benzene rings is 2. The van der Waals surface area contributed by atoms with E-state index in [1.165, 1.54) is 0 Å². The van der Waals surface area contributed by atoms with Crippen LogP contribution in [-0.4, -0.2) is 35.9 Å². The Kier molecular flexibility index (Phi) is 8.22. The predicted molar refractivity (Wildman–Crippen MR) is 124 cm³/mol. The van der Waals surface area contributed by atoms with Crippen LogP contribution in [0.2, 0.25) is 10.0 Å². The molecule has 0 saturated heterocycles. The lowest BCUT2D eigenvalue weighted by Crippen LogP contribution is -2.50. The van der Waals surface area contributed by atoms with Gasteiger partial charge in [0.05, 0.1) is 23.6 Å². The minimum Gasteiger partial charge on any atom is -0.497 e. The van der Waals surface area contributed by atoms with E-state index in [4.69, 9.17) is 27.9 Å². The van der Waals surface area contributed by atoms with E-state index in [9.17, 15) is 9.59 Å². The lowest BCUT2D eigenvalue weighted by atomic mass is 10.1. The van der Waals surface area contributed by atoms with Crippen LogP contribution in [0.25, 0.3) is 0 Å². The van der Waals surface area contributed by atoms with Crippen molar-refractivity contribution >= 4 is 35.0 Å². The summed E-state index contributed by atoms with van der Waals surface area (Å²) in [7, 11) is 1.60. The molecular formula is C24H28Cl2N2O3. The molecule has 2 amide bonds. The average Bonchev–Trinajstić information content (AvgIpc) is 3.27. The Bertz CT molecular complexity index is 912. The van der Waals surface area contributed by atoms with Crippen LogP contribution >= 0.6 is 23.2 Å². The second kappa shape index (κ2) is 10.9. The van der Waals surface area contributed by atoms with Crippen molar-refractivity contribution in [3.63, 3.8) is 0 Å². The highest BCUT2D eigenvalue weighted by atomic mass is 35.5. The molecule has 1 N–H and O–H groups in total. The van der Waals surface area contributed by atoms with Crippen molar-refractivity contribution in [2.75, 3.05) is 7.11 Å². The first-order valence-corrected chi connectivity index (χ1v) is 11.3. The van der Waals surface area contributed by atoms with E-state index in [0.29, 0.717) is 10.0 Å². The van der Waals surface area contributed by atoms with Gasteiger partial charge >= 0.3 is 0 Å². The molecule has 166 valence electrons. The lowest BCUT2D eigenvalue weighted by Gasteiger charge is -2.30. The predicted octanol–water partition coefficient (Wildman–Crippen LogP) is 5.02. The highest BCUT2D eigenvalue weighted by molar-refractivity contribution is 6.42. The third kappa shape index (κ3) is 6.37. The fraction of sp³-hybridized carbons (Fsp3) is 0.417. The van der Waals surface area contributed by atoms with Crippen molar-refractivity contribution in [1.29, 1.82) is 0 Å². The van der Waals surface area contributed by atoms with Crippen LogP contribution in [0.1, 0.15) is 43.7 Å². The van der Waals surface area contributed by atoms with Gasteiger partial charge in [0.1, 0.15) is 11.8 Å². The Hall–Kier alpha value is -2.24. The number of hydrogen-bond donors (Lipinski definition) is 1. The fourth-order valence-electron chi connectivity index (χ4n) is 3.83. The Morgan fingerprint density at radius 3 is 2.32 bits per heavy atom. The molecule has 2 aromatic carbocycles. The molecule has 1 saturated carbocycles. The second-order valence-corrected chi connectivity index (χ2v) is 8.78. The van der Waals surface area contributed by atoms with Gasteiger partial charge in [-0.3, -0.25) is 9.59 Å². The molecule has 0 heterocycles. The van der Waals surface area contributed by atoms with Crippen LogP contribution in [0.5, 0.6) is 5.75 Å². The van der Waals surface area contributed by atoms with Crippen LogP contribution < -0.4 is 10.1 Å². The highest BCUT2D eigenvalue weighted by Gasteiger charge is 2.28. The normalized spacial score (nSPS) is 14.8. The summed E-state index contributed by atoms with van der Waals surface area (Å²) in [5.74, 6) is 0.466. The number of nitrogens with zero attached hydrogens (tertiary/aromatic N) is 1. The molecule has 0 bridgehead atoms. The standard InChI is InChI=1S/C24H28Cl2N2O3/c1-16(24(30)27-19-5-3-4-6-19)28(15-18-9-12-21(25)22(26)13-18)23(29)14-17-7-10-20(31-2)11-8-17/h7-13,16,19H,3-6,14-15H2,1-2H3,(H,27,30)/t16-/m0/s1. The molecular weight excluding hydrogens is 435 g/mol. The molecule has 1 aliphatic carbocycles. The number of carbonyl (C=O) groups excluding carboxylic acids is 2. The molecule has 0 aromatic heterocycles. The Morgan fingerprint density at radius 1 is 1.06 bits per heavy atom. The maximum absolute atomic E-state index is 13.3. The van der Waals surface area contributed by atoms with Gasteiger partial charge in [-0.2, -0.15) is 0 Å². The van der Waals surface area contributed by atoms with E-state index >= 15 is 0 Å². The second-order valence-electron chi connectivity index (χ2n) is 7.96. The zero-order valence-corrected chi connectivity index (χ0v) is 19.4. The zero-order chi connectivity index (χ0) is 22.4. The molecule has 0 aliphatic heterocycles. The van der Waals surface area contributed by atoms with Gasteiger partial charge in [-0.25, -0.2) is 0 Å². The fourth-order valence-corrected chi connectivity index (χ4v) is 4.15. The smallest absolute Gasteiger partial charge is 0.242 e. The molecule has 31 heavy (non-hydrogen) atoms. The highest BCUT2D eigenvalue weighted by Crippen LogP contribution is 2.24. The summed E-state index contributed by atoms with van der Waals surface area (Å²) >= 11 is 12.2. The van der Waals surface area contributed by atoms with E-state index in [-0.39, 0.29) is 30.8 Å². The van der Waals surface area contributed by atoms with Crippen molar-refractivity contribution in [1.82, 2.24) is 10.2 Å². The van der Waals surface area contributed by atoms with Gasteiger partial charge in [-0.1, -0.05) is 54.2 Å². The van der Waals surface area contributed by atoms with E-state index < -0.39 is 6.04 Å². The maximum Gasteiger partial charge on any atom is 0.242 e. The first kappa shape index (κ1) is 23.4. The summed E-state index contributed by atoms with van der Waals surface area (Å²) < 4.78 is 5.18. The molecule has 7 heteroatoms. The number of nitrogens with one attached hydrogen (secondary N) is 1. The zero-order valence-electron chi connectivity index (χ0n) is 17.9. The topological polar surface area (TPSA) is 58.6 Å². The summed E-state index contributed by atoms with van der Waals surface area (Å²) in [6, 6.07) is 12.2. The molecule has 1 fully saturated rings. The number of ether oxygens (including phenoxy) is 1. The van der Waals surface area contributed by atoms with Crippen molar-refractivity contribution < 1.29 is 14.3 Å². The van der Waals surface area contributed by atoms with Crippen LogP contribution in [0.4, 0.5) is 0 Å². The van der Waals surface area contributed by atoms with E-state index in [1.807, 2.05) is 30.3 Å².